The molecule has 158 valence electrons. The molecule has 0 aliphatic rings. The van der Waals surface area contributed by atoms with E-state index in [1.165, 1.54) is 0 Å². The maximum absolute atomic E-state index is 12.4. The Bertz CT molecular complexity index is 984. The molecule has 0 spiro atoms. The van der Waals surface area contributed by atoms with E-state index in [-0.39, 0.29) is 5.91 Å². The summed E-state index contributed by atoms with van der Waals surface area (Å²) >= 11 is 0. The molecule has 1 unspecified atom stereocenters. The predicted octanol–water partition coefficient (Wildman–Crippen LogP) is 4.78. The molecule has 30 heavy (non-hydrogen) atoms. The molecule has 3 aromatic rings. The van der Waals surface area contributed by atoms with Gasteiger partial charge in [-0.1, -0.05) is 36.4 Å². The zero-order chi connectivity index (χ0) is 21.5. The fourth-order valence-electron chi connectivity index (χ4n) is 3.28. The fourth-order valence-corrected chi connectivity index (χ4v) is 3.28. The maximum atomic E-state index is 12.4. The number of carbonyl (C=O) groups excluding carboxylic acids is 1. The Hall–Kier alpha value is -3.05. The second kappa shape index (κ2) is 10.1. The lowest BCUT2D eigenvalue weighted by Crippen LogP contribution is -2.37. The van der Waals surface area contributed by atoms with Gasteiger partial charge in [-0.05, 0) is 60.0 Å². The van der Waals surface area contributed by atoms with Crippen molar-refractivity contribution >= 4 is 16.7 Å². The molecule has 0 N–H and O–H groups in total. The zero-order valence-corrected chi connectivity index (χ0v) is 18.1. The Labute approximate surface area is 178 Å². The van der Waals surface area contributed by atoms with Gasteiger partial charge in [0.15, 0.2) is 6.10 Å². The van der Waals surface area contributed by atoms with Gasteiger partial charge in [0.2, 0.25) is 0 Å². The third kappa shape index (κ3) is 5.10. The summed E-state index contributed by atoms with van der Waals surface area (Å²) in [6.45, 7) is 5.45. The van der Waals surface area contributed by atoms with E-state index in [4.69, 9.17) is 14.2 Å². The monoisotopic (exact) mass is 407 g/mol. The largest absolute Gasteiger partial charge is 0.491 e. The van der Waals surface area contributed by atoms with Gasteiger partial charge in [0, 0.05) is 20.7 Å². The van der Waals surface area contributed by atoms with E-state index in [2.05, 4.69) is 12.1 Å². The van der Waals surface area contributed by atoms with Crippen LogP contribution in [0.1, 0.15) is 13.8 Å². The van der Waals surface area contributed by atoms with Crippen molar-refractivity contribution in [2.75, 3.05) is 33.9 Å². The van der Waals surface area contributed by atoms with E-state index in [9.17, 15) is 4.79 Å². The highest BCUT2D eigenvalue weighted by Crippen LogP contribution is 2.34. The van der Waals surface area contributed by atoms with Crippen LogP contribution in [0.25, 0.3) is 21.9 Å². The van der Waals surface area contributed by atoms with Crippen molar-refractivity contribution in [2.24, 2.45) is 0 Å². The maximum Gasteiger partial charge on any atom is 0.263 e. The van der Waals surface area contributed by atoms with Crippen LogP contribution >= 0.6 is 0 Å². The molecule has 0 saturated carbocycles. The predicted molar refractivity (Wildman–Crippen MR) is 120 cm³/mol. The molecule has 0 saturated heterocycles. The molecule has 1 atom stereocenters. The molecule has 0 heterocycles. The van der Waals surface area contributed by atoms with Gasteiger partial charge < -0.3 is 19.1 Å². The number of amides is 1. The number of fused-ring (bicyclic) bond motifs is 1. The van der Waals surface area contributed by atoms with Crippen LogP contribution in [0.5, 0.6) is 11.5 Å². The van der Waals surface area contributed by atoms with E-state index in [0.717, 1.165) is 27.6 Å². The number of likely N-dealkylation sites (N-methyl/N-ethyl adjacent to an activating group) is 1. The van der Waals surface area contributed by atoms with Gasteiger partial charge in [0.25, 0.3) is 5.91 Å². The first-order valence-electron chi connectivity index (χ1n) is 10.2. The Morgan fingerprint density at radius 3 is 2.43 bits per heavy atom. The van der Waals surface area contributed by atoms with Crippen LogP contribution in [0.3, 0.4) is 0 Å². The average molecular weight is 408 g/mol. The van der Waals surface area contributed by atoms with E-state index in [1.807, 2.05) is 55.5 Å². The normalized spacial score (nSPS) is 11.9. The van der Waals surface area contributed by atoms with Gasteiger partial charge in [-0.3, -0.25) is 4.79 Å². The second-order valence-electron chi connectivity index (χ2n) is 7.17. The minimum Gasteiger partial charge on any atom is -0.491 e. The lowest BCUT2D eigenvalue weighted by molar-refractivity contribution is -0.136. The van der Waals surface area contributed by atoms with Crippen molar-refractivity contribution in [3.8, 4) is 22.6 Å². The average Bonchev–Trinajstić information content (AvgIpc) is 2.78. The molecule has 1 amide bonds. The summed E-state index contributed by atoms with van der Waals surface area (Å²) in [5, 5.41) is 2.19. The second-order valence-corrected chi connectivity index (χ2v) is 7.17. The first-order chi connectivity index (χ1) is 14.5. The minimum absolute atomic E-state index is 0.0373. The first-order valence-corrected chi connectivity index (χ1v) is 10.2. The van der Waals surface area contributed by atoms with Crippen LogP contribution in [0.2, 0.25) is 0 Å². The summed E-state index contributed by atoms with van der Waals surface area (Å²) in [6.07, 6.45) is -0.555. The van der Waals surface area contributed by atoms with Crippen molar-refractivity contribution in [3.63, 3.8) is 0 Å². The molecule has 3 rings (SSSR count). The SMILES string of the molecule is CCN(C)C(=O)C(C)Oc1cc(-c2ccc(OCCOC)cc2)c2ccccc2c1. The van der Waals surface area contributed by atoms with Crippen LogP contribution < -0.4 is 9.47 Å². The summed E-state index contributed by atoms with van der Waals surface area (Å²) in [7, 11) is 3.44. The fraction of sp³-hybridized carbons (Fsp3) is 0.320. The van der Waals surface area contributed by atoms with Crippen molar-refractivity contribution < 1.29 is 19.0 Å². The highest BCUT2D eigenvalue weighted by Gasteiger charge is 2.19. The molecule has 0 aliphatic carbocycles. The Morgan fingerprint density at radius 1 is 1.00 bits per heavy atom. The van der Waals surface area contributed by atoms with Crippen molar-refractivity contribution in [1.29, 1.82) is 0 Å². The van der Waals surface area contributed by atoms with E-state index < -0.39 is 6.10 Å². The van der Waals surface area contributed by atoms with E-state index in [1.54, 1.807) is 26.0 Å². The molecule has 0 aliphatic heterocycles. The van der Waals surface area contributed by atoms with Crippen molar-refractivity contribution in [2.45, 2.75) is 20.0 Å². The summed E-state index contributed by atoms with van der Waals surface area (Å²) in [4.78, 5) is 14.1. The standard InChI is InChI=1S/C25H29NO4/c1-5-26(3)25(27)18(2)30-22-16-20-8-6-7-9-23(20)24(17-22)19-10-12-21(13-11-19)29-15-14-28-4/h6-13,16-18H,5,14-15H2,1-4H3. The molecule has 5 nitrogen and oxygen atoms in total. The van der Waals surface area contributed by atoms with Crippen molar-refractivity contribution in [1.82, 2.24) is 4.90 Å². The van der Waals surface area contributed by atoms with Crippen molar-refractivity contribution in [3.05, 3.63) is 60.7 Å². The third-order valence-corrected chi connectivity index (χ3v) is 5.07. The van der Waals surface area contributed by atoms with Gasteiger partial charge in [0.05, 0.1) is 6.61 Å². The summed E-state index contributed by atoms with van der Waals surface area (Å²) in [6, 6.07) is 20.1. The molecule has 5 heteroatoms. The number of benzene rings is 3. The molecular formula is C25H29NO4. The number of hydrogen-bond donors (Lipinski definition) is 0. The number of hydrogen-bond acceptors (Lipinski definition) is 4. The molecule has 3 aromatic carbocycles. The highest BCUT2D eigenvalue weighted by atomic mass is 16.5. The zero-order valence-electron chi connectivity index (χ0n) is 18.1. The third-order valence-electron chi connectivity index (χ3n) is 5.07. The van der Waals surface area contributed by atoms with Crippen LogP contribution in [0.15, 0.2) is 60.7 Å². The summed E-state index contributed by atoms with van der Waals surface area (Å²) in [5.74, 6) is 1.44. The Balaban J connectivity index is 1.91. The quantitative estimate of drug-likeness (QED) is 0.479. The number of methoxy groups -OCH3 is 1. The molecular weight excluding hydrogens is 378 g/mol. The Morgan fingerprint density at radius 2 is 1.73 bits per heavy atom. The smallest absolute Gasteiger partial charge is 0.263 e. The topological polar surface area (TPSA) is 48.0 Å². The van der Waals surface area contributed by atoms with Crippen LogP contribution in [0, 0.1) is 0 Å². The van der Waals surface area contributed by atoms with Crippen LogP contribution in [0.4, 0.5) is 0 Å². The highest BCUT2D eigenvalue weighted by molar-refractivity contribution is 5.98. The molecule has 0 bridgehead atoms. The Kier molecular flexibility index (Phi) is 7.31. The lowest BCUT2D eigenvalue weighted by atomic mass is 9.97. The lowest BCUT2D eigenvalue weighted by Gasteiger charge is -2.21. The number of nitrogens with zero attached hydrogens (tertiary/aromatic N) is 1. The van der Waals surface area contributed by atoms with Gasteiger partial charge in [0.1, 0.15) is 18.1 Å². The number of ether oxygens (including phenoxy) is 3. The van der Waals surface area contributed by atoms with E-state index in [0.29, 0.717) is 25.5 Å². The van der Waals surface area contributed by atoms with Gasteiger partial charge in [-0.25, -0.2) is 0 Å². The first kappa shape index (κ1) is 21.7. The number of rotatable bonds is 9. The summed E-state index contributed by atoms with van der Waals surface area (Å²) in [5.41, 5.74) is 2.11. The van der Waals surface area contributed by atoms with Gasteiger partial charge in [-0.15, -0.1) is 0 Å². The summed E-state index contributed by atoms with van der Waals surface area (Å²) < 4.78 is 16.7. The van der Waals surface area contributed by atoms with Crippen LogP contribution in [-0.2, 0) is 9.53 Å². The van der Waals surface area contributed by atoms with E-state index >= 15 is 0 Å². The molecule has 0 aromatic heterocycles. The molecule has 0 radical (unpaired) electrons. The minimum atomic E-state index is -0.555. The number of carbonyl (C=O) groups is 1. The molecule has 0 fully saturated rings. The van der Waals surface area contributed by atoms with Gasteiger partial charge >= 0.3 is 0 Å². The van der Waals surface area contributed by atoms with Crippen LogP contribution in [-0.4, -0.2) is 50.8 Å². The van der Waals surface area contributed by atoms with Gasteiger partial charge in [-0.2, -0.15) is 0 Å².